The van der Waals surface area contributed by atoms with Crippen LogP contribution in [0.15, 0.2) is 18.3 Å². The number of rotatable bonds is 3. The van der Waals surface area contributed by atoms with Crippen LogP contribution in [0.3, 0.4) is 0 Å². The second-order valence-corrected chi connectivity index (χ2v) is 3.75. The monoisotopic (exact) mass is 192 g/mol. The normalized spacial score (nSPS) is 21.1. The molecule has 0 radical (unpaired) electrons. The number of nitrogens with one attached hydrogen (secondary N) is 1. The van der Waals surface area contributed by atoms with Crippen molar-refractivity contribution < 1.29 is 4.74 Å². The molecule has 76 valence electrons. The molecule has 0 aliphatic carbocycles. The summed E-state index contributed by atoms with van der Waals surface area (Å²) in [5.74, 6) is 1.59. The quantitative estimate of drug-likeness (QED) is 0.782. The molecule has 2 rings (SSSR count). The lowest BCUT2D eigenvalue weighted by Crippen LogP contribution is -2.11. The van der Waals surface area contributed by atoms with Gasteiger partial charge in [0, 0.05) is 5.69 Å². The van der Waals surface area contributed by atoms with E-state index in [-0.39, 0.29) is 0 Å². The predicted octanol–water partition coefficient (Wildman–Crippen LogP) is 1.24. The molecule has 1 aliphatic heterocycles. The zero-order chi connectivity index (χ0) is 9.80. The molecular formula is C11H16N2O. The van der Waals surface area contributed by atoms with Gasteiger partial charge in [0.15, 0.2) is 0 Å². The summed E-state index contributed by atoms with van der Waals surface area (Å²) in [6.45, 7) is 2.29. The lowest BCUT2D eigenvalue weighted by Gasteiger charge is -2.07. The first kappa shape index (κ1) is 9.46. The van der Waals surface area contributed by atoms with E-state index < -0.39 is 0 Å². The molecule has 2 heterocycles. The summed E-state index contributed by atoms with van der Waals surface area (Å²) in [6.07, 6.45) is 4.14. The minimum absolute atomic E-state index is 0.760. The Kier molecular flexibility index (Phi) is 2.99. The first-order valence-electron chi connectivity index (χ1n) is 5.08. The van der Waals surface area contributed by atoms with Crippen LogP contribution in [0.1, 0.15) is 12.1 Å². The van der Waals surface area contributed by atoms with E-state index in [9.17, 15) is 0 Å². The molecule has 0 spiro atoms. The average Bonchev–Trinajstić information content (AvgIpc) is 2.72. The van der Waals surface area contributed by atoms with Gasteiger partial charge >= 0.3 is 0 Å². The van der Waals surface area contributed by atoms with E-state index >= 15 is 0 Å². The van der Waals surface area contributed by atoms with E-state index in [4.69, 9.17) is 4.74 Å². The molecule has 0 aromatic carbocycles. The summed E-state index contributed by atoms with van der Waals surface area (Å²) in [4.78, 5) is 4.36. The summed E-state index contributed by atoms with van der Waals surface area (Å²) in [7, 11) is 1.66. The molecule has 1 saturated heterocycles. The number of hydrogen-bond acceptors (Lipinski definition) is 3. The van der Waals surface area contributed by atoms with Crippen LogP contribution in [-0.4, -0.2) is 25.2 Å². The van der Waals surface area contributed by atoms with Gasteiger partial charge in [0.25, 0.3) is 0 Å². The fourth-order valence-corrected chi connectivity index (χ4v) is 1.84. The molecule has 1 N–H and O–H groups in total. The molecule has 1 aromatic heterocycles. The van der Waals surface area contributed by atoms with E-state index in [2.05, 4.69) is 16.4 Å². The van der Waals surface area contributed by atoms with E-state index in [0.29, 0.717) is 0 Å². The molecule has 0 amide bonds. The van der Waals surface area contributed by atoms with Crippen LogP contribution < -0.4 is 10.1 Å². The van der Waals surface area contributed by atoms with Crippen LogP contribution in [0, 0.1) is 5.92 Å². The van der Waals surface area contributed by atoms with Gasteiger partial charge in [-0.25, -0.2) is 0 Å². The number of pyridine rings is 1. The molecule has 1 unspecified atom stereocenters. The number of ether oxygens (including phenoxy) is 1. The second-order valence-electron chi connectivity index (χ2n) is 3.75. The van der Waals surface area contributed by atoms with Crippen LogP contribution in [0.2, 0.25) is 0 Å². The topological polar surface area (TPSA) is 34.1 Å². The summed E-state index contributed by atoms with van der Waals surface area (Å²) in [5, 5.41) is 3.36. The van der Waals surface area contributed by atoms with E-state index in [1.165, 1.54) is 12.1 Å². The zero-order valence-electron chi connectivity index (χ0n) is 8.49. The fraction of sp³-hybridized carbons (Fsp3) is 0.545. The van der Waals surface area contributed by atoms with Gasteiger partial charge in [0.2, 0.25) is 0 Å². The molecule has 3 nitrogen and oxygen atoms in total. The van der Waals surface area contributed by atoms with Crippen molar-refractivity contribution in [3.05, 3.63) is 24.0 Å². The maximum Gasteiger partial charge on any atom is 0.137 e. The highest BCUT2D eigenvalue weighted by Gasteiger charge is 2.15. The van der Waals surface area contributed by atoms with Crippen LogP contribution in [0.25, 0.3) is 0 Å². The molecule has 0 bridgehead atoms. The van der Waals surface area contributed by atoms with Gasteiger partial charge in [-0.2, -0.15) is 0 Å². The Labute approximate surface area is 84.5 Å². The third-order valence-corrected chi connectivity index (χ3v) is 2.69. The zero-order valence-corrected chi connectivity index (χ0v) is 8.49. The maximum absolute atomic E-state index is 5.06. The molecule has 3 heteroatoms. The smallest absolute Gasteiger partial charge is 0.137 e. The van der Waals surface area contributed by atoms with Crippen LogP contribution in [-0.2, 0) is 6.42 Å². The first-order chi connectivity index (χ1) is 6.88. The van der Waals surface area contributed by atoms with Crippen molar-refractivity contribution in [3.8, 4) is 5.75 Å². The van der Waals surface area contributed by atoms with Crippen molar-refractivity contribution in [3.63, 3.8) is 0 Å². The number of hydrogen-bond donors (Lipinski definition) is 1. The largest absolute Gasteiger partial charge is 0.495 e. The second kappa shape index (κ2) is 4.42. The van der Waals surface area contributed by atoms with Crippen molar-refractivity contribution in [2.24, 2.45) is 5.92 Å². The Hall–Kier alpha value is -1.09. The maximum atomic E-state index is 5.06. The van der Waals surface area contributed by atoms with Gasteiger partial charge in [-0.3, -0.25) is 4.98 Å². The fourth-order valence-electron chi connectivity index (χ4n) is 1.84. The summed E-state index contributed by atoms with van der Waals surface area (Å²) in [6, 6.07) is 4.03. The highest BCUT2D eigenvalue weighted by atomic mass is 16.5. The Bertz CT molecular complexity index is 278. The molecule has 1 atom stereocenters. The summed E-state index contributed by atoms with van der Waals surface area (Å²) >= 11 is 0. The highest BCUT2D eigenvalue weighted by Crippen LogP contribution is 2.15. The standard InChI is InChI=1S/C11H16N2O/c1-14-11-3-2-10(13-8-11)6-9-4-5-12-7-9/h2-3,8-9,12H,4-7H2,1H3. The molecule has 1 fully saturated rings. The van der Waals surface area contributed by atoms with Crippen molar-refractivity contribution in [2.45, 2.75) is 12.8 Å². The lowest BCUT2D eigenvalue weighted by molar-refractivity contribution is 0.412. The lowest BCUT2D eigenvalue weighted by atomic mass is 10.0. The molecule has 0 saturated carbocycles. The van der Waals surface area contributed by atoms with Gasteiger partial charge in [-0.1, -0.05) is 0 Å². The van der Waals surface area contributed by atoms with Crippen molar-refractivity contribution in [1.29, 1.82) is 0 Å². The molecular weight excluding hydrogens is 176 g/mol. The summed E-state index contributed by atoms with van der Waals surface area (Å²) in [5.41, 5.74) is 1.17. The third kappa shape index (κ3) is 2.23. The average molecular weight is 192 g/mol. The third-order valence-electron chi connectivity index (χ3n) is 2.69. The van der Waals surface area contributed by atoms with Gasteiger partial charge in [0.05, 0.1) is 13.3 Å². The van der Waals surface area contributed by atoms with E-state index in [0.717, 1.165) is 31.2 Å². The van der Waals surface area contributed by atoms with E-state index in [1.807, 2.05) is 6.07 Å². The van der Waals surface area contributed by atoms with Crippen LogP contribution >= 0.6 is 0 Å². The summed E-state index contributed by atoms with van der Waals surface area (Å²) < 4.78 is 5.06. The Morgan fingerprint density at radius 1 is 1.57 bits per heavy atom. The SMILES string of the molecule is COc1ccc(CC2CCNC2)nc1. The minimum Gasteiger partial charge on any atom is -0.495 e. The van der Waals surface area contributed by atoms with Gasteiger partial charge < -0.3 is 10.1 Å². The molecule has 14 heavy (non-hydrogen) atoms. The van der Waals surface area contributed by atoms with Gasteiger partial charge in [-0.15, -0.1) is 0 Å². The number of aromatic nitrogens is 1. The van der Waals surface area contributed by atoms with Crippen molar-refractivity contribution in [2.75, 3.05) is 20.2 Å². The van der Waals surface area contributed by atoms with Crippen molar-refractivity contribution in [1.82, 2.24) is 10.3 Å². The predicted molar refractivity (Wildman–Crippen MR) is 55.5 cm³/mol. The van der Waals surface area contributed by atoms with Crippen LogP contribution in [0.5, 0.6) is 5.75 Å². The van der Waals surface area contributed by atoms with Crippen molar-refractivity contribution >= 4 is 0 Å². The Morgan fingerprint density at radius 3 is 3.07 bits per heavy atom. The van der Waals surface area contributed by atoms with E-state index in [1.54, 1.807) is 13.3 Å². The first-order valence-corrected chi connectivity index (χ1v) is 5.08. The Balaban J connectivity index is 1.95. The highest BCUT2D eigenvalue weighted by molar-refractivity contribution is 5.19. The Morgan fingerprint density at radius 2 is 2.50 bits per heavy atom. The minimum atomic E-state index is 0.760. The van der Waals surface area contributed by atoms with Gasteiger partial charge in [-0.05, 0) is 44.0 Å². The number of nitrogens with zero attached hydrogens (tertiary/aromatic N) is 1. The molecule has 1 aromatic rings. The molecule has 1 aliphatic rings. The van der Waals surface area contributed by atoms with Crippen LogP contribution in [0.4, 0.5) is 0 Å². The van der Waals surface area contributed by atoms with Gasteiger partial charge in [0.1, 0.15) is 5.75 Å². The number of methoxy groups -OCH3 is 1.